The van der Waals surface area contributed by atoms with Gasteiger partial charge in [0.25, 0.3) is 0 Å². The van der Waals surface area contributed by atoms with Gasteiger partial charge in [0.2, 0.25) is 0 Å². The number of nitrogens with one attached hydrogen (secondary N) is 1. The molecule has 1 rings (SSSR count). The van der Waals surface area contributed by atoms with Crippen LogP contribution < -0.4 is 5.32 Å². The normalized spacial score (nSPS) is 10.7. The lowest BCUT2D eigenvalue weighted by atomic mass is 10.1. The van der Waals surface area contributed by atoms with Crippen molar-refractivity contribution in [2.75, 3.05) is 12.4 Å². The molecule has 1 heterocycles. The maximum atomic E-state index is 11.3. The molecule has 1 N–H and O–H groups in total. The van der Waals surface area contributed by atoms with Crippen LogP contribution in [0.4, 0.5) is 5.13 Å². The fourth-order valence-corrected chi connectivity index (χ4v) is 2.14. The van der Waals surface area contributed by atoms with E-state index < -0.39 is 11.5 Å². The number of ether oxygens (including phenoxy) is 1. The highest BCUT2D eigenvalue weighted by Gasteiger charge is 2.21. The summed E-state index contributed by atoms with van der Waals surface area (Å²) in [6, 6.07) is 0. The highest BCUT2D eigenvalue weighted by Crippen LogP contribution is 2.29. The molecule has 0 bridgehead atoms. The molecule has 0 aliphatic heterocycles. The lowest BCUT2D eigenvalue weighted by molar-refractivity contribution is 0.0606. The van der Waals surface area contributed by atoms with Crippen LogP contribution >= 0.6 is 22.9 Å². The van der Waals surface area contributed by atoms with E-state index in [4.69, 9.17) is 18.0 Å². The summed E-state index contributed by atoms with van der Waals surface area (Å²) in [6.07, 6.45) is 5.32. The van der Waals surface area contributed by atoms with Crippen molar-refractivity contribution in [3.05, 3.63) is 10.0 Å². The van der Waals surface area contributed by atoms with Crippen LogP contribution in [0.3, 0.4) is 0 Å². The van der Waals surface area contributed by atoms with E-state index in [2.05, 4.69) is 21.0 Å². The number of halogens is 1. The summed E-state index contributed by atoms with van der Waals surface area (Å²) in [7, 11) is 1.29. The Balaban J connectivity index is 2.95. The third-order valence-electron chi connectivity index (χ3n) is 1.74. The van der Waals surface area contributed by atoms with E-state index in [1.807, 2.05) is 13.8 Å². The molecule has 16 heavy (non-hydrogen) atoms. The van der Waals surface area contributed by atoms with E-state index in [-0.39, 0.29) is 10.0 Å². The van der Waals surface area contributed by atoms with Gasteiger partial charge in [-0.3, -0.25) is 0 Å². The average Bonchev–Trinajstić information content (AvgIpc) is 2.57. The quantitative estimate of drug-likeness (QED) is 0.668. The van der Waals surface area contributed by atoms with Crippen molar-refractivity contribution in [2.24, 2.45) is 0 Å². The van der Waals surface area contributed by atoms with Gasteiger partial charge in [-0.2, -0.15) is 0 Å². The number of carbonyl (C=O) groups excluding carboxylic acids is 1. The summed E-state index contributed by atoms with van der Waals surface area (Å²) in [4.78, 5) is 15.5. The molecule has 0 fully saturated rings. The van der Waals surface area contributed by atoms with E-state index in [1.54, 1.807) is 0 Å². The van der Waals surface area contributed by atoms with Crippen molar-refractivity contribution < 1.29 is 9.53 Å². The standard InChI is InChI=1S/C10H11ClN2O2S/c1-5-10(2,3)13-9-12-7(11)6(16-9)8(14)15-4/h1H,2-4H3,(H,12,13). The van der Waals surface area contributed by atoms with E-state index >= 15 is 0 Å². The topological polar surface area (TPSA) is 51.2 Å². The summed E-state index contributed by atoms with van der Waals surface area (Å²) >= 11 is 6.91. The second-order valence-electron chi connectivity index (χ2n) is 3.52. The first-order chi connectivity index (χ1) is 7.39. The zero-order chi connectivity index (χ0) is 12.3. The van der Waals surface area contributed by atoms with Crippen molar-refractivity contribution in [1.82, 2.24) is 4.98 Å². The zero-order valence-electron chi connectivity index (χ0n) is 9.13. The van der Waals surface area contributed by atoms with Crippen LogP contribution in [0.15, 0.2) is 0 Å². The van der Waals surface area contributed by atoms with Gasteiger partial charge in [-0.15, -0.1) is 6.42 Å². The van der Waals surface area contributed by atoms with E-state index in [0.717, 1.165) is 11.3 Å². The molecule has 0 radical (unpaired) electrons. The molecule has 0 unspecified atom stereocenters. The monoisotopic (exact) mass is 258 g/mol. The summed E-state index contributed by atoms with van der Waals surface area (Å²) in [5.41, 5.74) is -0.547. The Bertz CT molecular complexity index is 448. The average molecular weight is 259 g/mol. The predicted octanol–water partition coefficient (Wildman–Crippen LogP) is 2.41. The number of carbonyl (C=O) groups is 1. The number of aromatic nitrogens is 1. The number of rotatable bonds is 3. The number of hydrogen-bond donors (Lipinski definition) is 1. The van der Waals surface area contributed by atoms with E-state index in [9.17, 15) is 4.79 Å². The Labute approximate surface area is 103 Å². The molecular formula is C10H11ClN2O2S. The van der Waals surface area contributed by atoms with Gasteiger partial charge in [-0.1, -0.05) is 28.9 Å². The van der Waals surface area contributed by atoms with Crippen molar-refractivity contribution in [3.63, 3.8) is 0 Å². The molecule has 6 heteroatoms. The highest BCUT2D eigenvalue weighted by atomic mass is 35.5. The van der Waals surface area contributed by atoms with Crippen LogP contribution in [-0.4, -0.2) is 23.6 Å². The second-order valence-corrected chi connectivity index (χ2v) is 4.88. The van der Waals surface area contributed by atoms with Crippen molar-refractivity contribution in [3.8, 4) is 12.3 Å². The lowest BCUT2D eigenvalue weighted by Gasteiger charge is -2.18. The van der Waals surface area contributed by atoms with Gasteiger partial charge >= 0.3 is 5.97 Å². The first-order valence-corrected chi connectivity index (χ1v) is 5.59. The summed E-state index contributed by atoms with van der Waals surface area (Å²) in [6.45, 7) is 3.64. The maximum absolute atomic E-state index is 11.3. The number of nitrogens with zero attached hydrogens (tertiary/aromatic N) is 1. The van der Waals surface area contributed by atoms with Crippen molar-refractivity contribution in [1.29, 1.82) is 0 Å². The van der Waals surface area contributed by atoms with Crippen LogP contribution in [0.5, 0.6) is 0 Å². The molecule has 1 aromatic heterocycles. The zero-order valence-corrected chi connectivity index (χ0v) is 10.7. The Morgan fingerprint density at radius 2 is 2.31 bits per heavy atom. The molecular weight excluding hydrogens is 248 g/mol. The number of methoxy groups -OCH3 is 1. The van der Waals surface area contributed by atoms with Gasteiger partial charge in [0.1, 0.15) is 0 Å². The van der Waals surface area contributed by atoms with E-state index in [1.165, 1.54) is 7.11 Å². The molecule has 0 atom stereocenters. The second kappa shape index (κ2) is 4.73. The molecule has 1 aromatic rings. The Hall–Kier alpha value is -1.25. The number of thiazole rings is 1. The Morgan fingerprint density at radius 1 is 1.69 bits per heavy atom. The van der Waals surface area contributed by atoms with Gasteiger partial charge in [-0.25, -0.2) is 9.78 Å². The molecule has 86 valence electrons. The molecule has 0 aliphatic rings. The summed E-state index contributed by atoms with van der Waals surface area (Å²) in [5.74, 6) is 2.05. The van der Waals surface area contributed by atoms with E-state index in [0.29, 0.717) is 5.13 Å². The summed E-state index contributed by atoms with van der Waals surface area (Å²) in [5, 5.41) is 3.60. The fraction of sp³-hybridized carbons (Fsp3) is 0.400. The van der Waals surface area contributed by atoms with Gasteiger partial charge in [-0.05, 0) is 13.8 Å². The van der Waals surface area contributed by atoms with Crippen molar-refractivity contribution in [2.45, 2.75) is 19.4 Å². The first-order valence-electron chi connectivity index (χ1n) is 4.40. The Morgan fingerprint density at radius 3 is 2.81 bits per heavy atom. The fourth-order valence-electron chi connectivity index (χ4n) is 0.877. The molecule has 0 saturated carbocycles. The van der Waals surface area contributed by atoms with Gasteiger partial charge in [0.05, 0.1) is 12.6 Å². The molecule has 0 amide bonds. The molecule has 0 aliphatic carbocycles. The minimum atomic E-state index is -0.547. The van der Waals surface area contributed by atoms with Gasteiger partial charge < -0.3 is 10.1 Å². The Kier molecular flexibility index (Phi) is 3.79. The van der Waals surface area contributed by atoms with Gasteiger partial charge in [0.15, 0.2) is 15.2 Å². The van der Waals surface area contributed by atoms with Crippen LogP contribution in [0.25, 0.3) is 0 Å². The predicted molar refractivity (Wildman–Crippen MR) is 65.0 cm³/mol. The third kappa shape index (κ3) is 2.87. The SMILES string of the molecule is C#CC(C)(C)Nc1nc(Cl)c(C(=O)OC)s1. The van der Waals surface area contributed by atoms with Gasteiger partial charge in [0, 0.05) is 0 Å². The molecule has 0 aromatic carbocycles. The first kappa shape index (κ1) is 12.8. The number of esters is 1. The largest absolute Gasteiger partial charge is 0.465 e. The van der Waals surface area contributed by atoms with Crippen molar-refractivity contribution >= 4 is 34.0 Å². The smallest absolute Gasteiger partial charge is 0.351 e. The highest BCUT2D eigenvalue weighted by molar-refractivity contribution is 7.18. The number of hydrogen-bond acceptors (Lipinski definition) is 5. The molecule has 0 spiro atoms. The molecule has 0 saturated heterocycles. The lowest BCUT2D eigenvalue weighted by Crippen LogP contribution is -2.28. The van der Waals surface area contributed by atoms with Crippen LogP contribution in [-0.2, 0) is 4.74 Å². The van der Waals surface area contributed by atoms with Crippen LogP contribution in [0.2, 0.25) is 5.15 Å². The number of terminal acetylenes is 1. The van der Waals surface area contributed by atoms with Crippen LogP contribution in [0, 0.1) is 12.3 Å². The van der Waals surface area contributed by atoms with Crippen LogP contribution in [0.1, 0.15) is 23.5 Å². The molecule has 4 nitrogen and oxygen atoms in total. The maximum Gasteiger partial charge on any atom is 0.351 e. The summed E-state index contributed by atoms with van der Waals surface area (Å²) < 4.78 is 4.57. The third-order valence-corrected chi connectivity index (χ3v) is 3.07. The minimum absolute atomic E-state index is 0.118. The number of anilines is 1. The minimum Gasteiger partial charge on any atom is -0.465 e.